The first kappa shape index (κ1) is 12.3. The molecule has 0 aliphatic heterocycles. The van der Waals surface area contributed by atoms with Gasteiger partial charge >= 0.3 is 5.97 Å². The molecule has 0 atom stereocenters. The number of alkyl halides is 2. The van der Waals surface area contributed by atoms with E-state index in [1.807, 2.05) is 4.98 Å². The van der Waals surface area contributed by atoms with Gasteiger partial charge in [0, 0.05) is 11.8 Å². The van der Waals surface area contributed by atoms with Crippen LogP contribution < -0.4 is 5.56 Å². The largest absolute Gasteiger partial charge is 0.469 e. The number of ether oxygens (including phenoxy) is 1. The van der Waals surface area contributed by atoms with Crippen LogP contribution in [0.2, 0.25) is 0 Å². The Morgan fingerprint density at radius 1 is 1.56 bits per heavy atom. The molecule has 7 heteroatoms. The van der Waals surface area contributed by atoms with Crippen LogP contribution in [-0.2, 0) is 16.0 Å². The number of carbonyl (C=O) groups is 1. The third-order valence-corrected chi connectivity index (χ3v) is 1.96. The molecule has 0 saturated carbocycles. The van der Waals surface area contributed by atoms with Crippen molar-refractivity contribution >= 4 is 5.97 Å². The van der Waals surface area contributed by atoms with Crippen LogP contribution >= 0.6 is 0 Å². The van der Waals surface area contributed by atoms with E-state index in [1.54, 1.807) is 0 Å². The van der Waals surface area contributed by atoms with Crippen molar-refractivity contribution < 1.29 is 22.7 Å². The monoisotopic (exact) mass is 235 g/mol. The molecular formula is C9H8F3NO3. The van der Waals surface area contributed by atoms with Gasteiger partial charge in [-0.05, 0) is 0 Å². The van der Waals surface area contributed by atoms with E-state index in [1.165, 1.54) is 0 Å². The Kier molecular flexibility index (Phi) is 3.70. The number of carbonyl (C=O) groups excluding carboxylic acids is 1. The lowest BCUT2D eigenvalue weighted by atomic mass is 10.1. The molecule has 16 heavy (non-hydrogen) atoms. The van der Waals surface area contributed by atoms with Crippen molar-refractivity contribution in [2.75, 3.05) is 7.11 Å². The van der Waals surface area contributed by atoms with Gasteiger partial charge in [-0.15, -0.1) is 0 Å². The second-order valence-electron chi connectivity index (χ2n) is 2.91. The molecule has 1 heterocycles. The molecule has 1 aromatic heterocycles. The average Bonchev–Trinajstić information content (AvgIpc) is 2.22. The summed E-state index contributed by atoms with van der Waals surface area (Å²) in [5.41, 5.74) is -2.79. The van der Waals surface area contributed by atoms with Gasteiger partial charge in [-0.3, -0.25) is 9.59 Å². The van der Waals surface area contributed by atoms with Crippen LogP contribution in [0.3, 0.4) is 0 Å². The van der Waals surface area contributed by atoms with Crippen molar-refractivity contribution in [2.24, 2.45) is 0 Å². The molecule has 0 unspecified atom stereocenters. The lowest BCUT2D eigenvalue weighted by Gasteiger charge is -2.07. The fourth-order valence-corrected chi connectivity index (χ4v) is 1.19. The molecule has 0 aliphatic carbocycles. The molecule has 0 fully saturated rings. The lowest BCUT2D eigenvalue weighted by molar-refractivity contribution is -0.139. The molecule has 0 spiro atoms. The van der Waals surface area contributed by atoms with Crippen molar-refractivity contribution in [3.8, 4) is 0 Å². The molecule has 0 aliphatic rings. The van der Waals surface area contributed by atoms with Gasteiger partial charge in [-0.1, -0.05) is 0 Å². The summed E-state index contributed by atoms with van der Waals surface area (Å²) in [5, 5.41) is 0. The van der Waals surface area contributed by atoms with Gasteiger partial charge in [-0.25, -0.2) is 13.2 Å². The maximum absolute atomic E-state index is 13.2. The first-order chi connectivity index (χ1) is 7.47. The molecule has 0 saturated heterocycles. The average molecular weight is 235 g/mol. The number of aromatic nitrogens is 1. The van der Waals surface area contributed by atoms with Crippen molar-refractivity contribution in [3.63, 3.8) is 0 Å². The summed E-state index contributed by atoms with van der Waals surface area (Å²) in [6, 6.07) is 0. The topological polar surface area (TPSA) is 59.2 Å². The zero-order chi connectivity index (χ0) is 12.3. The standard InChI is InChI=1S/C9H8F3NO3/c1-16-6(14)2-4-5(10)3-13-9(15)7(4)8(11)12/h3,8H,2H2,1H3,(H,13,15). The quantitative estimate of drug-likeness (QED) is 0.800. The van der Waals surface area contributed by atoms with E-state index in [0.717, 1.165) is 7.11 Å². The predicted octanol–water partition coefficient (Wildman–Crippen LogP) is 1.17. The maximum Gasteiger partial charge on any atom is 0.310 e. The summed E-state index contributed by atoms with van der Waals surface area (Å²) in [4.78, 5) is 23.7. The normalized spacial score (nSPS) is 10.6. The van der Waals surface area contributed by atoms with Crippen LogP contribution in [0.15, 0.2) is 11.0 Å². The van der Waals surface area contributed by atoms with Crippen LogP contribution in [0, 0.1) is 5.82 Å². The number of halogens is 3. The Morgan fingerprint density at radius 3 is 2.69 bits per heavy atom. The number of nitrogens with one attached hydrogen (secondary N) is 1. The van der Waals surface area contributed by atoms with E-state index < -0.39 is 41.3 Å². The van der Waals surface area contributed by atoms with Gasteiger partial charge in [-0.2, -0.15) is 0 Å². The molecule has 0 amide bonds. The molecule has 0 aromatic carbocycles. The molecule has 88 valence electrons. The third kappa shape index (κ3) is 2.41. The second-order valence-corrected chi connectivity index (χ2v) is 2.91. The van der Waals surface area contributed by atoms with E-state index in [0.29, 0.717) is 6.20 Å². The molecule has 1 N–H and O–H groups in total. The second kappa shape index (κ2) is 4.82. The number of hydrogen-bond acceptors (Lipinski definition) is 3. The summed E-state index contributed by atoms with van der Waals surface area (Å²) < 4.78 is 42.4. The Balaban J connectivity index is 3.29. The number of hydrogen-bond donors (Lipinski definition) is 1. The highest BCUT2D eigenvalue weighted by Gasteiger charge is 2.22. The van der Waals surface area contributed by atoms with Crippen molar-refractivity contribution in [3.05, 3.63) is 33.5 Å². The van der Waals surface area contributed by atoms with Crippen molar-refractivity contribution in [1.29, 1.82) is 0 Å². The molecular weight excluding hydrogens is 227 g/mol. The Labute approximate surface area is 88.0 Å². The number of esters is 1. The number of H-pyrrole nitrogens is 1. The SMILES string of the molecule is COC(=O)Cc1c(F)c[nH]c(=O)c1C(F)F. The minimum Gasteiger partial charge on any atom is -0.469 e. The first-order valence-electron chi connectivity index (χ1n) is 4.22. The maximum atomic E-state index is 13.2. The summed E-state index contributed by atoms with van der Waals surface area (Å²) in [6.45, 7) is 0. The number of rotatable bonds is 3. The zero-order valence-corrected chi connectivity index (χ0v) is 8.22. The van der Waals surface area contributed by atoms with Gasteiger partial charge in [0.05, 0.1) is 19.1 Å². The first-order valence-corrected chi connectivity index (χ1v) is 4.22. The van der Waals surface area contributed by atoms with Gasteiger partial charge in [0.25, 0.3) is 12.0 Å². The summed E-state index contributed by atoms with van der Waals surface area (Å²) in [5.74, 6) is -1.97. The van der Waals surface area contributed by atoms with Gasteiger partial charge in [0.1, 0.15) is 5.82 Å². The summed E-state index contributed by atoms with van der Waals surface area (Å²) in [7, 11) is 1.04. The van der Waals surface area contributed by atoms with Gasteiger partial charge in [0.2, 0.25) is 0 Å². The van der Waals surface area contributed by atoms with Gasteiger partial charge < -0.3 is 9.72 Å². The highest BCUT2D eigenvalue weighted by molar-refractivity contribution is 5.72. The summed E-state index contributed by atoms with van der Waals surface area (Å²) in [6.07, 6.45) is -3.22. The number of aromatic amines is 1. The van der Waals surface area contributed by atoms with E-state index >= 15 is 0 Å². The zero-order valence-electron chi connectivity index (χ0n) is 8.22. The van der Waals surface area contributed by atoms with E-state index in [-0.39, 0.29) is 0 Å². The number of methoxy groups -OCH3 is 1. The van der Waals surface area contributed by atoms with E-state index in [4.69, 9.17) is 0 Å². The molecule has 0 radical (unpaired) electrons. The Bertz CT molecular complexity index is 456. The third-order valence-electron chi connectivity index (χ3n) is 1.96. The van der Waals surface area contributed by atoms with Gasteiger partial charge in [0.15, 0.2) is 0 Å². The van der Waals surface area contributed by atoms with Crippen molar-refractivity contribution in [1.82, 2.24) is 4.98 Å². The highest BCUT2D eigenvalue weighted by atomic mass is 19.3. The van der Waals surface area contributed by atoms with Crippen LogP contribution in [0.25, 0.3) is 0 Å². The smallest absolute Gasteiger partial charge is 0.310 e. The van der Waals surface area contributed by atoms with Crippen LogP contribution in [0.5, 0.6) is 0 Å². The van der Waals surface area contributed by atoms with Crippen LogP contribution in [0.4, 0.5) is 13.2 Å². The fourth-order valence-electron chi connectivity index (χ4n) is 1.19. The predicted molar refractivity (Wildman–Crippen MR) is 47.7 cm³/mol. The lowest BCUT2D eigenvalue weighted by Crippen LogP contribution is -2.20. The fraction of sp³-hybridized carbons (Fsp3) is 0.333. The Morgan fingerprint density at radius 2 is 2.19 bits per heavy atom. The van der Waals surface area contributed by atoms with E-state index in [9.17, 15) is 22.8 Å². The summed E-state index contributed by atoms with van der Waals surface area (Å²) >= 11 is 0. The molecule has 4 nitrogen and oxygen atoms in total. The molecule has 1 rings (SSSR count). The van der Waals surface area contributed by atoms with Crippen LogP contribution in [-0.4, -0.2) is 18.1 Å². The van der Waals surface area contributed by atoms with E-state index in [2.05, 4.69) is 4.74 Å². The minimum atomic E-state index is -3.15. The molecule has 1 aromatic rings. The molecule has 0 bridgehead atoms. The number of pyridine rings is 1. The highest BCUT2D eigenvalue weighted by Crippen LogP contribution is 2.21. The minimum absolute atomic E-state index is 0.631. The van der Waals surface area contributed by atoms with Crippen molar-refractivity contribution in [2.45, 2.75) is 12.8 Å². The van der Waals surface area contributed by atoms with Crippen LogP contribution in [0.1, 0.15) is 17.6 Å². The Hall–Kier alpha value is -1.79.